The van der Waals surface area contributed by atoms with Crippen molar-refractivity contribution in [2.24, 2.45) is 11.8 Å². The average Bonchev–Trinajstić information content (AvgIpc) is 1.99. The second-order valence-corrected chi connectivity index (χ2v) is 4.66. The molecule has 1 fully saturated rings. The first-order chi connectivity index (χ1) is 6.32. The minimum absolute atomic E-state index is 0.0359. The van der Waals surface area contributed by atoms with Gasteiger partial charge in [0.05, 0.1) is 0 Å². The Labute approximate surface area is 84.6 Å². The van der Waals surface area contributed by atoms with Crippen LogP contribution in [0.25, 0.3) is 0 Å². The first kappa shape index (κ1) is 11.5. The Morgan fingerprint density at radius 3 is 2.21 bits per heavy atom. The summed E-state index contributed by atoms with van der Waals surface area (Å²) in [5.41, 5.74) is 0.775. The van der Waals surface area contributed by atoms with Crippen LogP contribution in [0.4, 0.5) is 8.78 Å². The monoisotopic (exact) mass is 203 g/mol. The molecule has 0 unspecified atom stereocenters. The van der Waals surface area contributed by atoms with Gasteiger partial charge in [0.15, 0.2) is 0 Å². The molecular formula is C11H19F2N. The van der Waals surface area contributed by atoms with E-state index in [0.29, 0.717) is 12.0 Å². The van der Waals surface area contributed by atoms with Crippen molar-refractivity contribution >= 4 is 0 Å². The Bertz CT molecular complexity index is 215. The number of nitrogens with one attached hydrogen (secondary N) is 1. The zero-order valence-electron chi connectivity index (χ0n) is 9.11. The van der Waals surface area contributed by atoms with Gasteiger partial charge in [-0.2, -0.15) is 0 Å². The van der Waals surface area contributed by atoms with Crippen LogP contribution in [0.1, 0.15) is 33.6 Å². The van der Waals surface area contributed by atoms with Crippen molar-refractivity contribution in [2.75, 3.05) is 0 Å². The molecule has 0 heterocycles. The van der Waals surface area contributed by atoms with Gasteiger partial charge in [-0.15, -0.1) is 0 Å². The molecule has 1 saturated carbocycles. The Balaban J connectivity index is 2.31. The minimum atomic E-state index is -2.45. The van der Waals surface area contributed by atoms with E-state index in [1.54, 1.807) is 0 Å². The van der Waals surface area contributed by atoms with Gasteiger partial charge in [-0.3, -0.25) is 0 Å². The normalized spacial score (nSPS) is 23.0. The molecule has 82 valence electrons. The fourth-order valence-electron chi connectivity index (χ4n) is 1.48. The molecule has 0 spiro atoms. The zero-order chi connectivity index (χ0) is 10.9. The molecule has 0 aliphatic heterocycles. The summed E-state index contributed by atoms with van der Waals surface area (Å²) in [6.07, 6.45) is -0.0761. The van der Waals surface area contributed by atoms with Gasteiger partial charge in [0.1, 0.15) is 0 Å². The molecule has 1 aliphatic rings. The molecule has 0 aromatic carbocycles. The third-order valence-electron chi connectivity index (χ3n) is 3.00. The van der Waals surface area contributed by atoms with E-state index < -0.39 is 5.92 Å². The number of rotatable bonds is 4. The number of halogens is 2. The second-order valence-electron chi connectivity index (χ2n) is 4.66. The molecular weight excluding hydrogens is 184 g/mol. The van der Waals surface area contributed by atoms with Crippen LogP contribution in [-0.2, 0) is 0 Å². The van der Waals surface area contributed by atoms with E-state index in [4.69, 9.17) is 0 Å². The van der Waals surface area contributed by atoms with E-state index in [0.717, 1.165) is 5.70 Å². The smallest absolute Gasteiger partial charge is 0.249 e. The molecule has 0 aromatic heterocycles. The summed E-state index contributed by atoms with van der Waals surface area (Å²) in [7, 11) is 0. The molecule has 1 rings (SSSR count). The summed E-state index contributed by atoms with van der Waals surface area (Å²) < 4.78 is 25.2. The van der Waals surface area contributed by atoms with Gasteiger partial charge in [0.25, 0.3) is 0 Å². The van der Waals surface area contributed by atoms with Crippen LogP contribution >= 0.6 is 0 Å². The van der Waals surface area contributed by atoms with Crippen molar-refractivity contribution in [2.45, 2.75) is 45.6 Å². The molecule has 3 heteroatoms. The fraction of sp³-hybridized carbons (Fsp3) is 0.818. The number of allylic oxidation sites excluding steroid dienone is 1. The van der Waals surface area contributed by atoms with Gasteiger partial charge in [0.2, 0.25) is 5.92 Å². The summed E-state index contributed by atoms with van der Waals surface area (Å²) in [5, 5.41) is 3.19. The van der Waals surface area contributed by atoms with Gasteiger partial charge < -0.3 is 5.32 Å². The summed E-state index contributed by atoms with van der Waals surface area (Å²) >= 11 is 0. The summed E-state index contributed by atoms with van der Waals surface area (Å²) in [6, 6.07) is 0.303. The van der Waals surface area contributed by atoms with Crippen molar-refractivity contribution in [1.29, 1.82) is 0 Å². The molecule has 0 radical (unpaired) electrons. The van der Waals surface area contributed by atoms with Crippen LogP contribution in [0.5, 0.6) is 0 Å². The predicted molar refractivity (Wildman–Crippen MR) is 54.2 cm³/mol. The third-order valence-corrected chi connectivity index (χ3v) is 3.00. The Kier molecular flexibility index (Phi) is 3.17. The molecule has 1 atom stereocenters. The quantitative estimate of drug-likeness (QED) is 0.740. The van der Waals surface area contributed by atoms with Crippen LogP contribution < -0.4 is 5.32 Å². The van der Waals surface area contributed by atoms with E-state index in [1.165, 1.54) is 0 Å². The standard InChI is InChI=1S/C11H19F2N/c1-7(2)8(3)14-9(4)10-5-11(12,13)6-10/h7-8,10,14H,4-6H2,1-3H3/t8-/m1/s1. The SMILES string of the molecule is C=C(N[C@H](C)C(C)C)C1CC(F)(F)C1. The molecule has 0 amide bonds. The van der Waals surface area contributed by atoms with E-state index in [-0.39, 0.29) is 18.8 Å². The maximum atomic E-state index is 12.6. The molecule has 0 saturated heterocycles. The molecule has 1 aliphatic carbocycles. The van der Waals surface area contributed by atoms with E-state index in [1.807, 2.05) is 6.92 Å². The van der Waals surface area contributed by atoms with Crippen molar-refractivity contribution in [3.8, 4) is 0 Å². The Morgan fingerprint density at radius 2 is 1.86 bits per heavy atom. The van der Waals surface area contributed by atoms with Crippen LogP contribution in [0.15, 0.2) is 12.3 Å². The molecule has 0 bridgehead atoms. The highest BCUT2D eigenvalue weighted by Crippen LogP contribution is 2.44. The highest BCUT2D eigenvalue weighted by atomic mass is 19.3. The van der Waals surface area contributed by atoms with Crippen molar-refractivity contribution < 1.29 is 8.78 Å². The zero-order valence-corrected chi connectivity index (χ0v) is 9.11. The summed E-state index contributed by atoms with van der Waals surface area (Å²) in [5.74, 6) is -1.99. The fourth-order valence-corrected chi connectivity index (χ4v) is 1.48. The lowest BCUT2D eigenvalue weighted by atomic mass is 9.79. The molecule has 1 N–H and O–H groups in total. The van der Waals surface area contributed by atoms with Crippen LogP contribution in [-0.4, -0.2) is 12.0 Å². The van der Waals surface area contributed by atoms with E-state index in [2.05, 4.69) is 25.7 Å². The first-order valence-electron chi connectivity index (χ1n) is 5.15. The largest absolute Gasteiger partial charge is 0.386 e. The lowest BCUT2D eigenvalue weighted by molar-refractivity contribution is -0.101. The van der Waals surface area contributed by atoms with Crippen molar-refractivity contribution in [3.05, 3.63) is 12.3 Å². The lowest BCUT2D eigenvalue weighted by Crippen LogP contribution is -2.42. The molecule has 14 heavy (non-hydrogen) atoms. The maximum Gasteiger partial charge on any atom is 0.249 e. The van der Waals surface area contributed by atoms with Gasteiger partial charge in [-0.05, 0) is 12.8 Å². The van der Waals surface area contributed by atoms with Crippen LogP contribution in [0.2, 0.25) is 0 Å². The lowest BCUT2D eigenvalue weighted by Gasteiger charge is -2.37. The first-order valence-corrected chi connectivity index (χ1v) is 5.15. The Hall–Kier alpha value is -0.600. The van der Waals surface area contributed by atoms with Gasteiger partial charge >= 0.3 is 0 Å². The van der Waals surface area contributed by atoms with Crippen molar-refractivity contribution in [3.63, 3.8) is 0 Å². The third kappa shape index (κ3) is 2.69. The van der Waals surface area contributed by atoms with Crippen molar-refractivity contribution in [1.82, 2.24) is 5.32 Å². The van der Waals surface area contributed by atoms with E-state index >= 15 is 0 Å². The molecule has 0 aromatic rings. The summed E-state index contributed by atoms with van der Waals surface area (Å²) in [4.78, 5) is 0. The van der Waals surface area contributed by atoms with Crippen LogP contribution in [0, 0.1) is 11.8 Å². The van der Waals surface area contributed by atoms with Crippen LogP contribution in [0.3, 0.4) is 0 Å². The maximum absolute atomic E-state index is 12.6. The van der Waals surface area contributed by atoms with Gasteiger partial charge in [-0.1, -0.05) is 20.4 Å². The number of hydrogen-bond donors (Lipinski definition) is 1. The number of hydrogen-bond acceptors (Lipinski definition) is 1. The van der Waals surface area contributed by atoms with E-state index in [9.17, 15) is 8.78 Å². The number of alkyl halides is 2. The Morgan fingerprint density at radius 1 is 1.36 bits per heavy atom. The highest BCUT2D eigenvalue weighted by molar-refractivity contribution is 5.08. The topological polar surface area (TPSA) is 12.0 Å². The van der Waals surface area contributed by atoms with Gasteiger partial charge in [0, 0.05) is 30.5 Å². The average molecular weight is 203 g/mol. The molecule has 1 nitrogen and oxygen atoms in total. The van der Waals surface area contributed by atoms with Gasteiger partial charge in [-0.25, -0.2) is 8.78 Å². The predicted octanol–water partition coefficient (Wildman–Crippen LogP) is 3.18. The summed E-state index contributed by atoms with van der Waals surface area (Å²) in [6.45, 7) is 10.1. The second kappa shape index (κ2) is 3.87. The minimum Gasteiger partial charge on any atom is -0.386 e. The highest BCUT2D eigenvalue weighted by Gasteiger charge is 2.46.